The summed E-state index contributed by atoms with van der Waals surface area (Å²) in [5.41, 5.74) is 0. The minimum Gasteiger partial charge on any atom is -0.370 e. The van der Waals surface area contributed by atoms with Crippen LogP contribution in [-0.2, 0) is 6.42 Å². The topological polar surface area (TPSA) is 49.8 Å². The molecular weight excluding hydrogens is 256 g/mol. The van der Waals surface area contributed by atoms with Crippen molar-refractivity contribution >= 4 is 23.4 Å². The van der Waals surface area contributed by atoms with Gasteiger partial charge in [-0.1, -0.05) is 6.92 Å². The highest BCUT2D eigenvalue weighted by Crippen LogP contribution is 2.46. The number of nitrogens with one attached hydrogen (secondary N) is 2. The summed E-state index contributed by atoms with van der Waals surface area (Å²) in [6.45, 7) is 6.13. The molecule has 4 nitrogen and oxygen atoms in total. The Morgan fingerprint density at radius 2 is 1.89 bits per heavy atom. The van der Waals surface area contributed by atoms with E-state index in [0.29, 0.717) is 4.75 Å². The number of thioether (sulfide) groups is 1. The number of aryl methyl sites for hydroxylation is 1. The second kappa shape index (κ2) is 6.46. The zero-order valence-electron chi connectivity index (χ0n) is 12.1. The molecule has 0 aromatic carbocycles. The third-order valence-electron chi connectivity index (χ3n) is 3.44. The van der Waals surface area contributed by atoms with E-state index in [1.807, 2.05) is 17.8 Å². The van der Waals surface area contributed by atoms with E-state index in [9.17, 15) is 0 Å². The Morgan fingerprint density at radius 3 is 2.42 bits per heavy atom. The van der Waals surface area contributed by atoms with E-state index < -0.39 is 0 Å². The van der Waals surface area contributed by atoms with Gasteiger partial charge < -0.3 is 10.6 Å². The molecule has 1 fully saturated rings. The smallest absolute Gasteiger partial charge is 0.133 e. The van der Waals surface area contributed by atoms with Crippen molar-refractivity contribution in [2.75, 3.05) is 30.0 Å². The molecule has 0 saturated heterocycles. The first-order valence-electron chi connectivity index (χ1n) is 7.12. The fraction of sp³-hybridized carbons (Fsp3) is 0.714. The predicted octanol–water partition coefficient (Wildman–Crippen LogP) is 3.17. The molecule has 5 heteroatoms. The van der Waals surface area contributed by atoms with Crippen LogP contribution in [0.3, 0.4) is 0 Å². The van der Waals surface area contributed by atoms with Gasteiger partial charge in [-0.25, -0.2) is 9.97 Å². The molecule has 0 amide bonds. The Labute approximate surface area is 120 Å². The fourth-order valence-electron chi connectivity index (χ4n) is 2.04. The van der Waals surface area contributed by atoms with Crippen LogP contribution in [0.1, 0.15) is 38.9 Å². The molecule has 1 aromatic heterocycles. The molecule has 0 spiro atoms. The molecule has 19 heavy (non-hydrogen) atoms. The second-order valence-corrected chi connectivity index (χ2v) is 6.35. The summed E-state index contributed by atoms with van der Waals surface area (Å²) >= 11 is 1.96. The molecule has 0 bridgehead atoms. The Bertz CT molecular complexity index is 394. The molecule has 0 radical (unpaired) electrons. The molecule has 2 N–H and O–H groups in total. The number of hydrogen-bond acceptors (Lipinski definition) is 5. The zero-order valence-corrected chi connectivity index (χ0v) is 12.9. The van der Waals surface area contributed by atoms with Crippen LogP contribution in [0.4, 0.5) is 11.6 Å². The summed E-state index contributed by atoms with van der Waals surface area (Å²) in [5, 5.41) is 6.76. The monoisotopic (exact) mass is 280 g/mol. The molecule has 2 rings (SSSR count). The van der Waals surface area contributed by atoms with Gasteiger partial charge >= 0.3 is 0 Å². The van der Waals surface area contributed by atoms with Crippen LogP contribution in [-0.4, -0.2) is 34.1 Å². The van der Waals surface area contributed by atoms with E-state index in [1.54, 1.807) is 0 Å². The van der Waals surface area contributed by atoms with E-state index >= 15 is 0 Å². The lowest BCUT2D eigenvalue weighted by Crippen LogP contribution is -2.19. The van der Waals surface area contributed by atoms with Crippen molar-refractivity contribution < 1.29 is 0 Å². The van der Waals surface area contributed by atoms with Crippen LogP contribution >= 0.6 is 11.8 Å². The average molecular weight is 280 g/mol. The minimum absolute atomic E-state index is 0.453. The van der Waals surface area contributed by atoms with Crippen molar-refractivity contribution in [3.05, 3.63) is 11.9 Å². The zero-order chi connectivity index (χ0) is 13.7. The van der Waals surface area contributed by atoms with Gasteiger partial charge in [0.2, 0.25) is 0 Å². The van der Waals surface area contributed by atoms with Crippen molar-refractivity contribution in [1.82, 2.24) is 9.97 Å². The minimum atomic E-state index is 0.453. The van der Waals surface area contributed by atoms with Crippen LogP contribution in [0.2, 0.25) is 0 Å². The van der Waals surface area contributed by atoms with Crippen molar-refractivity contribution in [1.29, 1.82) is 0 Å². The van der Waals surface area contributed by atoms with Crippen LogP contribution in [0.25, 0.3) is 0 Å². The Hall–Kier alpha value is -0.970. The van der Waals surface area contributed by atoms with E-state index in [4.69, 9.17) is 0 Å². The lowest BCUT2D eigenvalue weighted by atomic mass is 10.3. The summed E-state index contributed by atoms with van der Waals surface area (Å²) in [7, 11) is 0. The highest BCUT2D eigenvalue weighted by molar-refractivity contribution is 8.00. The summed E-state index contributed by atoms with van der Waals surface area (Å²) in [6, 6.07) is 2.01. The maximum atomic E-state index is 4.60. The normalized spacial score (nSPS) is 16.2. The van der Waals surface area contributed by atoms with Crippen molar-refractivity contribution in [3.8, 4) is 0 Å². The fourth-order valence-corrected chi connectivity index (χ4v) is 2.77. The van der Waals surface area contributed by atoms with E-state index in [0.717, 1.165) is 43.4 Å². The molecule has 1 aromatic rings. The Balaban J connectivity index is 2.04. The number of hydrogen-bond donors (Lipinski definition) is 2. The molecule has 1 aliphatic rings. The van der Waals surface area contributed by atoms with E-state index in [-0.39, 0.29) is 0 Å². The van der Waals surface area contributed by atoms with Crippen molar-refractivity contribution in [2.24, 2.45) is 0 Å². The van der Waals surface area contributed by atoms with Gasteiger partial charge in [-0.15, -0.1) is 0 Å². The Kier molecular flexibility index (Phi) is 4.91. The van der Waals surface area contributed by atoms with Gasteiger partial charge in [0.1, 0.15) is 17.5 Å². The number of anilines is 2. The quantitative estimate of drug-likeness (QED) is 0.766. The van der Waals surface area contributed by atoms with Gasteiger partial charge in [0, 0.05) is 30.3 Å². The van der Waals surface area contributed by atoms with E-state index in [2.05, 4.69) is 40.7 Å². The SMILES string of the molecule is CCCc1nc(NCC)cc(NCC2(SC)CC2)n1. The van der Waals surface area contributed by atoms with Gasteiger partial charge in [-0.2, -0.15) is 11.8 Å². The largest absolute Gasteiger partial charge is 0.370 e. The maximum absolute atomic E-state index is 4.60. The lowest BCUT2D eigenvalue weighted by Gasteiger charge is -2.15. The molecule has 106 valence electrons. The highest BCUT2D eigenvalue weighted by Gasteiger charge is 2.41. The highest BCUT2D eigenvalue weighted by atomic mass is 32.2. The first-order valence-corrected chi connectivity index (χ1v) is 8.34. The first kappa shape index (κ1) is 14.4. The van der Waals surface area contributed by atoms with Gasteiger partial charge in [-0.05, 0) is 32.4 Å². The van der Waals surface area contributed by atoms with Crippen molar-refractivity contribution in [3.63, 3.8) is 0 Å². The van der Waals surface area contributed by atoms with Crippen LogP contribution in [0, 0.1) is 0 Å². The standard InChI is InChI=1S/C14H24N4S/c1-4-6-11-17-12(15-5-2)9-13(18-11)16-10-14(19-3)7-8-14/h9H,4-8,10H2,1-3H3,(H2,15,16,17,18). The van der Waals surface area contributed by atoms with Gasteiger partial charge in [-0.3, -0.25) is 0 Å². The third kappa shape index (κ3) is 4.00. The first-order chi connectivity index (χ1) is 9.21. The molecule has 1 heterocycles. The average Bonchev–Trinajstić information content (AvgIpc) is 3.18. The van der Waals surface area contributed by atoms with Crippen LogP contribution in [0.5, 0.6) is 0 Å². The lowest BCUT2D eigenvalue weighted by molar-refractivity contribution is 0.831. The van der Waals surface area contributed by atoms with E-state index in [1.165, 1.54) is 12.8 Å². The predicted molar refractivity (Wildman–Crippen MR) is 84.2 cm³/mol. The summed E-state index contributed by atoms with van der Waals surface area (Å²) in [4.78, 5) is 9.12. The van der Waals surface area contributed by atoms with Crippen LogP contribution in [0.15, 0.2) is 6.07 Å². The number of nitrogens with zero attached hydrogens (tertiary/aromatic N) is 2. The summed E-state index contributed by atoms with van der Waals surface area (Å²) < 4.78 is 0.453. The molecule has 0 unspecified atom stereocenters. The number of aromatic nitrogens is 2. The second-order valence-electron chi connectivity index (χ2n) is 5.08. The molecule has 0 atom stereocenters. The maximum Gasteiger partial charge on any atom is 0.133 e. The summed E-state index contributed by atoms with van der Waals surface area (Å²) in [6.07, 6.45) is 6.83. The van der Waals surface area contributed by atoms with Gasteiger partial charge in [0.25, 0.3) is 0 Å². The number of rotatable bonds is 8. The van der Waals surface area contributed by atoms with Crippen molar-refractivity contribution in [2.45, 2.75) is 44.3 Å². The van der Waals surface area contributed by atoms with Gasteiger partial charge in [0.15, 0.2) is 0 Å². The molecule has 1 saturated carbocycles. The summed E-state index contributed by atoms with van der Waals surface area (Å²) in [5.74, 6) is 2.81. The van der Waals surface area contributed by atoms with Crippen LogP contribution < -0.4 is 10.6 Å². The molecule has 1 aliphatic carbocycles. The Morgan fingerprint density at radius 1 is 1.21 bits per heavy atom. The molecule has 0 aliphatic heterocycles. The molecular formula is C14H24N4S. The van der Waals surface area contributed by atoms with Gasteiger partial charge in [0.05, 0.1) is 0 Å². The third-order valence-corrected chi connectivity index (χ3v) is 4.85.